The molecule has 2 aliphatic rings. The fraction of sp³-hybridized carbons (Fsp3) is 0.471. The van der Waals surface area contributed by atoms with Gasteiger partial charge in [-0.2, -0.15) is 0 Å². The molecule has 0 spiro atoms. The first kappa shape index (κ1) is 13.4. The summed E-state index contributed by atoms with van der Waals surface area (Å²) < 4.78 is 1.06. The third-order valence-corrected chi connectivity index (χ3v) is 5.32. The van der Waals surface area contributed by atoms with Crippen molar-refractivity contribution in [1.29, 1.82) is 0 Å². The number of anilines is 2. The van der Waals surface area contributed by atoms with Crippen LogP contribution in [0.4, 0.5) is 11.4 Å². The summed E-state index contributed by atoms with van der Waals surface area (Å²) in [5.74, 6) is 2.73. The Balaban J connectivity index is 1.62. The fourth-order valence-electron chi connectivity index (χ4n) is 3.36. The quantitative estimate of drug-likeness (QED) is 0.842. The minimum absolute atomic E-state index is 0.742. The number of nitrogen functional groups attached to an aromatic ring is 1. The second-order valence-corrected chi connectivity index (χ2v) is 7.39. The standard InChI is InChI=1S/C17H20BrN3/c18-12-5-6-16-13(7-12)17(15(19)9-20-16)21-8-14(10-1-2-10)11-3-4-11/h5-7,9-11,14H,1-4,8,19H2,(H,20,21). The van der Waals surface area contributed by atoms with E-state index < -0.39 is 0 Å². The van der Waals surface area contributed by atoms with Gasteiger partial charge in [-0.25, -0.2) is 0 Å². The summed E-state index contributed by atoms with van der Waals surface area (Å²) >= 11 is 3.54. The Bertz CT molecular complexity index is 660. The van der Waals surface area contributed by atoms with Gasteiger partial charge in [-0.1, -0.05) is 15.9 Å². The Morgan fingerprint density at radius 2 is 1.95 bits per heavy atom. The van der Waals surface area contributed by atoms with Crippen LogP contribution in [0.15, 0.2) is 28.9 Å². The Hall–Kier alpha value is -1.29. The van der Waals surface area contributed by atoms with Gasteiger partial charge in [0.15, 0.2) is 0 Å². The van der Waals surface area contributed by atoms with Crippen molar-refractivity contribution in [3.05, 3.63) is 28.9 Å². The van der Waals surface area contributed by atoms with Crippen molar-refractivity contribution in [3.63, 3.8) is 0 Å². The summed E-state index contributed by atoms with van der Waals surface area (Å²) in [6.45, 7) is 1.05. The maximum Gasteiger partial charge on any atom is 0.0743 e. The van der Waals surface area contributed by atoms with Gasteiger partial charge in [-0.3, -0.25) is 4.98 Å². The third-order valence-electron chi connectivity index (χ3n) is 4.83. The summed E-state index contributed by atoms with van der Waals surface area (Å²) in [6.07, 6.45) is 7.44. The summed E-state index contributed by atoms with van der Waals surface area (Å²) in [7, 11) is 0. The monoisotopic (exact) mass is 345 g/mol. The maximum absolute atomic E-state index is 6.17. The van der Waals surface area contributed by atoms with Crippen molar-refractivity contribution >= 4 is 38.2 Å². The first-order valence-corrected chi connectivity index (χ1v) is 8.59. The predicted octanol–water partition coefficient (Wildman–Crippen LogP) is 4.43. The molecule has 2 saturated carbocycles. The maximum atomic E-state index is 6.17. The zero-order valence-corrected chi connectivity index (χ0v) is 13.6. The molecule has 2 fully saturated rings. The van der Waals surface area contributed by atoms with Crippen LogP contribution < -0.4 is 11.1 Å². The van der Waals surface area contributed by atoms with Gasteiger partial charge < -0.3 is 11.1 Å². The van der Waals surface area contributed by atoms with Gasteiger partial charge in [0.25, 0.3) is 0 Å². The molecule has 0 aliphatic heterocycles. The molecular weight excluding hydrogens is 326 g/mol. The van der Waals surface area contributed by atoms with Gasteiger partial charge in [0.1, 0.15) is 0 Å². The first-order valence-electron chi connectivity index (χ1n) is 7.80. The molecule has 4 heteroatoms. The molecule has 21 heavy (non-hydrogen) atoms. The van der Waals surface area contributed by atoms with Crippen molar-refractivity contribution in [1.82, 2.24) is 4.98 Å². The van der Waals surface area contributed by atoms with Crippen molar-refractivity contribution in [3.8, 4) is 0 Å². The fourth-order valence-corrected chi connectivity index (χ4v) is 3.73. The van der Waals surface area contributed by atoms with Crippen LogP contribution in [0.3, 0.4) is 0 Å². The normalized spacial score (nSPS) is 18.4. The summed E-state index contributed by atoms with van der Waals surface area (Å²) in [4.78, 5) is 4.42. The Kier molecular flexibility index (Phi) is 3.29. The number of nitrogens with zero attached hydrogens (tertiary/aromatic N) is 1. The van der Waals surface area contributed by atoms with Crippen molar-refractivity contribution in [2.45, 2.75) is 25.7 Å². The van der Waals surface area contributed by atoms with E-state index in [0.717, 1.165) is 51.0 Å². The van der Waals surface area contributed by atoms with Crippen LogP contribution in [0.2, 0.25) is 0 Å². The van der Waals surface area contributed by atoms with Crippen LogP contribution in [0, 0.1) is 17.8 Å². The third kappa shape index (κ3) is 2.73. The van der Waals surface area contributed by atoms with E-state index in [9.17, 15) is 0 Å². The molecule has 110 valence electrons. The smallest absolute Gasteiger partial charge is 0.0743 e. The van der Waals surface area contributed by atoms with Gasteiger partial charge in [-0.05, 0) is 61.6 Å². The lowest BCUT2D eigenvalue weighted by molar-refractivity contribution is 0.428. The van der Waals surface area contributed by atoms with E-state index in [1.807, 2.05) is 12.1 Å². The largest absolute Gasteiger partial charge is 0.396 e. The van der Waals surface area contributed by atoms with Gasteiger partial charge in [0.05, 0.1) is 23.1 Å². The molecule has 1 heterocycles. The van der Waals surface area contributed by atoms with Gasteiger partial charge in [-0.15, -0.1) is 0 Å². The Morgan fingerprint density at radius 3 is 2.62 bits per heavy atom. The van der Waals surface area contributed by atoms with Gasteiger partial charge >= 0.3 is 0 Å². The molecule has 0 saturated heterocycles. The van der Waals surface area contributed by atoms with Crippen LogP contribution in [0.5, 0.6) is 0 Å². The summed E-state index contributed by atoms with van der Waals surface area (Å²) in [5.41, 5.74) is 8.95. The Labute approximate surface area is 133 Å². The number of nitrogens with two attached hydrogens (primary N) is 1. The zero-order valence-electron chi connectivity index (χ0n) is 12.0. The van der Waals surface area contributed by atoms with Crippen LogP contribution >= 0.6 is 15.9 Å². The molecule has 3 nitrogen and oxygen atoms in total. The SMILES string of the molecule is Nc1cnc2ccc(Br)cc2c1NCC(C1CC1)C1CC1. The highest BCUT2D eigenvalue weighted by atomic mass is 79.9. The van der Waals surface area contributed by atoms with E-state index in [2.05, 4.69) is 32.3 Å². The molecule has 0 unspecified atom stereocenters. The molecule has 2 aliphatic carbocycles. The van der Waals surface area contributed by atoms with E-state index >= 15 is 0 Å². The van der Waals surface area contributed by atoms with Crippen LogP contribution in [0.25, 0.3) is 10.9 Å². The molecule has 2 aromatic rings. The van der Waals surface area contributed by atoms with E-state index in [-0.39, 0.29) is 0 Å². The van der Waals surface area contributed by atoms with Crippen LogP contribution in [0.1, 0.15) is 25.7 Å². The highest BCUT2D eigenvalue weighted by molar-refractivity contribution is 9.10. The van der Waals surface area contributed by atoms with Gasteiger partial charge in [0, 0.05) is 16.4 Å². The average molecular weight is 346 g/mol. The van der Waals surface area contributed by atoms with Crippen LogP contribution in [-0.4, -0.2) is 11.5 Å². The van der Waals surface area contributed by atoms with Crippen molar-refractivity contribution in [2.75, 3.05) is 17.6 Å². The van der Waals surface area contributed by atoms with Crippen molar-refractivity contribution < 1.29 is 0 Å². The molecule has 0 bridgehead atoms. The molecule has 3 N–H and O–H groups in total. The minimum atomic E-state index is 0.742. The summed E-state index contributed by atoms with van der Waals surface area (Å²) in [6, 6.07) is 6.15. The van der Waals surface area contributed by atoms with Gasteiger partial charge in [0.2, 0.25) is 0 Å². The minimum Gasteiger partial charge on any atom is -0.396 e. The number of hydrogen-bond acceptors (Lipinski definition) is 3. The number of halogens is 1. The number of benzene rings is 1. The van der Waals surface area contributed by atoms with E-state index in [0.29, 0.717) is 0 Å². The number of nitrogens with one attached hydrogen (secondary N) is 1. The lowest BCUT2D eigenvalue weighted by Gasteiger charge is -2.19. The molecule has 4 rings (SSSR count). The molecule has 1 aromatic carbocycles. The Morgan fingerprint density at radius 1 is 1.24 bits per heavy atom. The molecule has 0 radical (unpaired) electrons. The number of hydrogen-bond donors (Lipinski definition) is 2. The zero-order chi connectivity index (χ0) is 14.4. The number of aromatic nitrogens is 1. The molecule has 0 atom stereocenters. The van der Waals surface area contributed by atoms with Crippen molar-refractivity contribution in [2.24, 2.45) is 17.8 Å². The molecular formula is C17H20BrN3. The highest BCUT2D eigenvalue weighted by Gasteiger charge is 2.41. The molecule has 1 aromatic heterocycles. The first-order chi connectivity index (χ1) is 10.2. The van der Waals surface area contributed by atoms with E-state index in [1.54, 1.807) is 6.20 Å². The predicted molar refractivity (Wildman–Crippen MR) is 91.3 cm³/mol. The van der Waals surface area contributed by atoms with E-state index in [1.165, 1.54) is 25.7 Å². The number of fused-ring (bicyclic) bond motifs is 1. The topological polar surface area (TPSA) is 50.9 Å². The highest BCUT2D eigenvalue weighted by Crippen LogP contribution is 2.49. The number of rotatable bonds is 5. The lowest BCUT2D eigenvalue weighted by atomic mass is 9.97. The average Bonchev–Trinajstić information content (AvgIpc) is 3.35. The second-order valence-electron chi connectivity index (χ2n) is 6.47. The second kappa shape index (κ2) is 5.16. The summed E-state index contributed by atoms with van der Waals surface area (Å²) in [5, 5.41) is 4.75. The molecule has 0 amide bonds. The lowest BCUT2D eigenvalue weighted by Crippen LogP contribution is -2.19. The number of pyridine rings is 1. The van der Waals surface area contributed by atoms with E-state index in [4.69, 9.17) is 5.73 Å². The van der Waals surface area contributed by atoms with Crippen LogP contribution in [-0.2, 0) is 0 Å².